The van der Waals surface area contributed by atoms with Crippen LogP contribution >= 0.6 is 0 Å². The van der Waals surface area contributed by atoms with Crippen LogP contribution in [0.25, 0.3) is 0 Å². The number of hydrogen-bond donors (Lipinski definition) is 1. The molecule has 3 aromatic carbocycles. The topological polar surface area (TPSA) is 107 Å². The number of phenolic OH excluding ortho intramolecular Hbond substituents is 1. The quantitative estimate of drug-likeness (QED) is 0.302. The lowest BCUT2D eigenvalue weighted by Gasteiger charge is -2.09. The van der Waals surface area contributed by atoms with E-state index >= 15 is 0 Å². The number of ether oxygens (including phenoxy) is 1. The number of ketones is 1. The Labute approximate surface area is 160 Å². The van der Waals surface area contributed by atoms with E-state index in [9.17, 15) is 24.8 Å². The summed E-state index contributed by atoms with van der Waals surface area (Å²) in [5, 5.41) is 20.5. The van der Waals surface area contributed by atoms with Gasteiger partial charge in [0, 0.05) is 17.2 Å². The van der Waals surface area contributed by atoms with Gasteiger partial charge in [0.15, 0.2) is 11.5 Å². The number of carbonyl (C=O) groups is 2. The molecule has 3 rings (SSSR count). The molecule has 7 nitrogen and oxygen atoms in total. The van der Waals surface area contributed by atoms with Gasteiger partial charge in [-0.3, -0.25) is 14.9 Å². The lowest BCUT2D eigenvalue weighted by Crippen LogP contribution is -2.13. The van der Waals surface area contributed by atoms with Crippen molar-refractivity contribution in [2.45, 2.75) is 6.61 Å². The number of nitro benzene ring substituents is 1. The third-order valence-corrected chi connectivity index (χ3v) is 4.04. The zero-order chi connectivity index (χ0) is 20.1. The van der Waals surface area contributed by atoms with E-state index in [1.807, 2.05) is 18.2 Å². The van der Waals surface area contributed by atoms with Crippen LogP contribution in [0.15, 0.2) is 72.8 Å². The Kier molecular flexibility index (Phi) is 5.45. The largest absolute Gasteiger partial charge is 0.502 e. The molecule has 0 bridgehead atoms. The molecule has 0 amide bonds. The molecule has 28 heavy (non-hydrogen) atoms. The molecular formula is C21H15NO6. The van der Waals surface area contributed by atoms with Gasteiger partial charge in [0.1, 0.15) is 6.61 Å². The number of hydrogen-bond acceptors (Lipinski definition) is 6. The minimum Gasteiger partial charge on any atom is -0.502 e. The molecular weight excluding hydrogens is 362 g/mol. The first-order chi connectivity index (χ1) is 13.5. The van der Waals surface area contributed by atoms with Crippen molar-refractivity contribution in [1.82, 2.24) is 0 Å². The minimum atomic E-state index is -0.786. The molecule has 0 aromatic heterocycles. The van der Waals surface area contributed by atoms with Crippen LogP contribution in [0, 0.1) is 10.1 Å². The van der Waals surface area contributed by atoms with E-state index in [0.717, 1.165) is 17.7 Å². The van der Waals surface area contributed by atoms with E-state index in [1.54, 1.807) is 24.3 Å². The summed E-state index contributed by atoms with van der Waals surface area (Å²) in [6, 6.07) is 18.5. The Morgan fingerprint density at radius 3 is 2.25 bits per heavy atom. The SMILES string of the molecule is O=C(OCc1ccccc1)c1ccccc1C(=O)c1ccc(O)c([N+](=O)[O-])c1. The van der Waals surface area contributed by atoms with Gasteiger partial charge >= 0.3 is 11.7 Å². The second kappa shape index (κ2) is 8.13. The molecule has 3 aromatic rings. The lowest BCUT2D eigenvalue weighted by molar-refractivity contribution is -0.385. The van der Waals surface area contributed by atoms with Crippen LogP contribution in [0.3, 0.4) is 0 Å². The minimum absolute atomic E-state index is 0.0205. The fourth-order valence-electron chi connectivity index (χ4n) is 2.63. The molecule has 0 aliphatic rings. The number of nitro groups is 1. The van der Waals surface area contributed by atoms with E-state index in [1.165, 1.54) is 18.2 Å². The predicted molar refractivity (Wildman–Crippen MR) is 100 cm³/mol. The van der Waals surface area contributed by atoms with Gasteiger partial charge in [-0.05, 0) is 23.8 Å². The van der Waals surface area contributed by atoms with Crippen LogP contribution in [-0.4, -0.2) is 21.8 Å². The number of rotatable bonds is 6. The molecule has 0 atom stereocenters. The third-order valence-electron chi connectivity index (χ3n) is 4.04. The van der Waals surface area contributed by atoms with E-state index in [4.69, 9.17) is 4.74 Å². The molecule has 0 fully saturated rings. The lowest BCUT2D eigenvalue weighted by atomic mass is 9.98. The maximum atomic E-state index is 12.8. The van der Waals surface area contributed by atoms with Gasteiger partial charge in [-0.1, -0.05) is 48.5 Å². The summed E-state index contributed by atoms with van der Waals surface area (Å²) in [5.74, 6) is -1.81. The maximum Gasteiger partial charge on any atom is 0.339 e. The normalized spacial score (nSPS) is 10.3. The highest BCUT2D eigenvalue weighted by atomic mass is 16.6. The summed E-state index contributed by atoms with van der Waals surface area (Å²) in [7, 11) is 0. The number of phenols is 1. The first kappa shape index (κ1) is 18.8. The van der Waals surface area contributed by atoms with E-state index in [-0.39, 0.29) is 23.3 Å². The number of carbonyl (C=O) groups excluding carboxylic acids is 2. The van der Waals surface area contributed by atoms with Gasteiger partial charge in [-0.2, -0.15) is 0 Å². The fourth-order valence-corrected chi connectivity index (χ4v) is 2.63. The van der Waals surface area contributed by atoms with Crippen molar-refractivity contribution in [3.8, 4) is 5.75 Å². The van der Waals surface area contributed by atoms with Crippen molar-refractivity contribution in [3.05, 3.63) is 105 Å². The zero-order valence-corrected chi connectivity index (χ0v) is 14.6. The Morgan fingerprint density at radius 2 is 1.57 bits per heavy atom. The molecule has 0 aliphatic carbocycles. The summed E-state index contributed by atoms with van der Waals surface area (Å²) in [6.07, 6.45) is 0. The van der Waals surface area contributed by atoms with Gasteiger partial charge in [0.25, 0.3) is 0 Å². The van der Waals surface area contributed by atoms with Gasteiger partial charge in [-0.25, -0.2) is 4.79 Å². The summed E-state index contributed by atoms with van der Waals surface area (Å²) in [6.45, 7) is 0.0485. The molecule has 0 spiro atoms. The summed E-state index contributed by atoms with van der Waals surface area (Å²) in [4.78, 5) is 35.5. The zero-order valence-electron chi connectivity index (χ0n) is 14.6. The van der Waals surface area contributed by atoms with Crippen LogP contribution in [0.4, 0.5) is 5.69 Å². The molecule has 0 heterocycles. The van der Waals surface area contributed by atoms with Crippen molar-refractivity contribution < 1.29 is 24.4 Å². The summed E-state index contributed by atoms with van der Waals surface area (Å²) >= 11 is 0. The Hall–Kier alpha value is -4.00. The van der Waals surface area contributed by atoms with Crippen molar-refractivity contribution in [3.63, 3.8) is 0 Å². The van der Waals surface area contributed by atoms with Crippen LogP contribution in [0.5, 0.6) is 5.75 Å². The first-order valence-corrected chi connectivity index (χ1v) is 8.29. The highest BCUT2D eigenvalue weighted by Gasteiger charge is 2.22. The van der Waals surface area contributed by atoms with Crippen LogP contribution < -0.4 is 0 Å². The molecule has 0 radical (unpaired) electrons. The van der Waals surface area contributed by atoms with Crippen LogP contribution in [0.2, 0.25) is 0 Å². The summed E-state index contributed by atoms with van der Waals surface area (Å²) in [5.41, 5.74) is 0.302. The second-order valence-corrected chi connectivity index (χ2v) is 5.90. The van der Waals surface area contributed by atoms with Crippen molar-refractivity contribution in [2.75, 3.05) is 0 Å². The molecule has 7 heteroatoms. The Balaban J connectivity index is 1.87. The van der Waals surface area contributed by atoms with Crippen molar-refractivity contribution in [1.29, 1.82) is 0 Å². The van der Waals surface area contributed by atoms with Crippen LogP contribution in [0.1, 0.15) is 31.8 Å². The molecule has 1 N–H and O–H groups in total. The smallest absolute Gasteiger partial charge is 0.339 e. The van der Waals surface area contributed by atoms with Crippen LogP contribution in [-0.2, 0) is 11.3 Å². The standard InChI is InChI=1S/C21H15NO6/c23-19-11-10-15(12-18(19)22(26)27)20(24)16-8-4-5-9-17(16)21(25)28-13-14-6-2-1-3-7-14/h1-12,23H,13H2. The monoisotopic (exact) mass is 377 g/mol. The second-order valence-electron chi connectivity index (χ2n) is 5.90. The molecule has 0 saturated heterocycles. The fraction of sp³-hybridized carbons (Fsp3) is 0.0476. The van der Waals surface area contributed by atoms with E-state index < -0.39 is 28.1 Å². The van der Waals surface area contributed by atoms with Gasteiger partial charge in [0.05, 0.1) is 10.5 Å². The average molecular weight is 377 g/mol. The Bertz CT molecular complexity index is 1050. The van der Waals surface area contributed by atoms with E-state index in [2.05, 4.69) is 0 Å². The first-order valence-electron chi connectivity index (χ1n) is 8.29. The van der Waals surface area contributed by atoms with Crippen molar-refractivity contribution in [2.24, 2.45) is 0 Å². The average Bonchev–Trinajstić information content (AvgIpc) is 2.72. The summed E-state index contributed by atoms with van der Waals surface area (Å²) < 4.78 is 5.28. The molecule has 0 unspecified atom stereocenters. The third kappa shape index (κ3) is 4.04. The number of aromatic hydroxyl groups is 1. The maximum absolute atomic E-state index is 12.8. The number of esters is 1. The predicted octanol–water partition coefficient (Wildman–Crippen LogP) is 3.89. The molecule has 0 aliphatic heterocycles. The number of benzene rings is 3. The highest BCUT2D eigenvalue weighted by Crippen LogP contribution is 2.28. The number of nitrogens with zero attached hydrogens (tertiary/aromatic N) is 1. The van der Waals surface area contributed by atoms with Crippen molar-refractivity contribution >= 4 is 17.4 Å². The molecule has 0 saturated carbocycles. The van der Waals surface area contributed by atoms with Gasteiger partial charge in [-0.15, -0.1) is 0 Å². The molecule has 140 valence electrons. The Morgan fingerprint density at radius 1 is 0.929 bits per heavy atom. The van der Waals surface area contributed by atoms with E-state index in [0.29, 0.717) is 0 Å². The van der Waals surface area contributed by atoms with Gasteiger partial charge < -0.3 is 9.84 Å². The highest BCUT2D eigenvalue weighted by molar-refractivity contribution is 6.14. The van der Waals surface area contributed by atoms with Gasteiger partial charge in [0.2, 0.25) is 0 Å².